The van der Waals surface area contributed by atoms with Crippen LogP contribution in [0.3, 0.4) is 0 Å². The minimum absolute atomic E-state index is 0.110. The van der Waals surface area contributed by atoms with Crippen LogP contribution in [-0.4, -0.2) is 13.9 Å². The lowest BCUT2D eigenvalue weighted by Gasteiger charge is -2.34. The second-order valence-electron chi connectivity index (χ2n) is 8.29. The maximum Gasteiger partial charge on any atom is 0.136 e. The van der Waals surface area contributed by atoms with Crippen LogP contribution in [0.5, 0.6) is 0 Å². The summed E-state index contributed by atoms with van der Waals surface area (Å²) in [6.07, 6.45) is 3.95. The molecule has 0 N–H and O–H groups in total. The van der Waals surface area contributed by atoms with Crippen LogP contribution in [0.25, 0.3) is 0 Å². The smallest absolute Gasteiger partial charge is 0.136 e. The van der Waals surface area contributed by atoms with Crippen molar-refractivity contribution in [1.82, 2.24) is 0 Å². The van der Waals surface area contributed by atoms with Crippen LogP contribution in [0.2, 0.25) is 19.1 Å². The van der Waals surface area contributed by atoms with Crippen molar-refractivity contribution in [3.05, 3.63) is 78.4 Å². The maximum absolute atomic E-state index is 12.7. The van der Waals surface area contributed by atoms with E-state index in [0.717, 1.165) is 31.7 Å². The fraction of sp³-hybridized carbons (Fsp3) is 0.375. The van der Waals surface area contributed by atoms with Gasteiger partial charge in [0.2, 0.25) is 0 Å². The SMILES string of the molecule is C=C(C[Si](C)(C)c1ccccc1)C(c1ccccc1)C1CCCCC1=O. The van der Waals surface area contributed by atoms with E-state index in [1.165, 1.54) is 16.3 Å². The number of allylic oxidation sites excluding steroid dienone is 1. The number of hydrogen-bond acceptors (Lipinski definition) is 1. The lowest BCUT2D eigenvalue weighted by Crippen LogP contribution is -2.42. The van der Waals surface area contributed by atoms with E-state index in [1.54, 1.807) is 0 Å². The van der Waals surface area contributed by atoms with Crippen molar-refractivity contribution >= 4 is 19.0 Å². The number of Topliss-reactive ketones (excluding diaryl/α,β-unsaturated/α-hetero) is 1. The van der Waals surface area contributed by atoms with Crippen molar-refractivity contribution in [3.8, 4) is 0 Å². The van der Waals surface area contributed by atoms with Crippen LogP contribution in [0, 0.1) is 5.92 Å². The monoisotopic (exact) mass is 362 g/mol. The van der Waals surface area contributed by atoms with Crippen molar-refractivity contribution < 1.29 is 4.79 Å². The van der Waals surface area contributed by atoms with Crippen LogP contribution >= 0.6 is 0 Å². The number of benzene rings is 2. The fourth-order valence-electron chi connectivity index (χ4n) is 4.44. The predicted molar refractivity (Wildman–Crippen MR) is 114 cm³/mol. The summed E-state index contributed by atoms with van der Waals surface area (Å²) in [5.41, 5.74) is 2.51. The van der Waals surface area contributed by atoms with Gasteiger partial charge in [-0.15, -0.1) is 0 Å². The first-order chi connectivity index (χ1) is 12.5. The summed E-state index contributed by atoms with van der Waals surface area (Å²) in [6, 6.07) is 22.4. The predicted octanol–water partition coefficient (Wildman–Crippen LogP) is 5.70. The number of rotatable bonds is 6. The summed E-state index contributed by atoms with van der Waals surface area (Å²) >= 11 is 0. The second-order valence-corrected chi connectivity index (χ2v) is 13.0. The van der Waals surface area contributed by atoms with Gasteiger partial charge in [0.15, 0.2) is 0 Å². The van der Waals surface area contributed by atoms with Gasteiger partial charge in [0.25, 0.3) is 0 Å². The minimum atomic E-state index is -1.63. The van der Waals surface area contributed by atoms with Crippen molar-refractivity contribution in [1.29, 1.82) is 0 Å². The zero-order valence-corrected chi connectivity index (χ0v) is 17.1. The maximum atomic E-state index is 12.7. The van der Waals surface area contributed by atoms with Gasteiger partial charge in [-0.05, 0) is 24.4 Å². The van der Waals surface area contributed by atoms with E-state index in [0.29, 0.717) is 5.78 Å². The van der Waals surface area contributed by atoms with Gasteiger partial charge < -0.3 is 0 Å². The van der Waals surface area contributed by atoms with E-state index in [1.807, 2.05) is 0 Å². The number of hydrogen-bond donors (Lipinski definition) is 0. The topological polar surface area (TPSA) is 17.1 Å². The first-order valence-corrected chi connectivity index (χ1v) is 13.0. The van der Waals surface area contributed by atoms with Crippen LogP contribution in [0.1, 0.15) is 37.2 Å². The Morgan fingerprint density at radius 3 is 2.27 bits per heavy atom. The van der Waals surface area contributed by atoms with Gasteiger partial charge in [-0.3, -0.25) is 4.79 Å². The highest BCUT2D eigenvalue weighted by molar-refractivity contribution is 6.90. The molecular formula is C24H30OSi. The van der Waals surface area contributed by atoms with Gasteiger partial charge in [-0.25, -0.2) is 0 Å². The third-order valence-electron chi connectivity index (χ3n) is 5.83. The summed E-state index contributed by atoms with van der Waals surface area (Å²) in [5.74, 6) is 0.712. The second kappa shape index (κ2) is 8.18. The molecule has 1 saturated carbocycles. The summed E-state index contributed by atoms with van der Waals surface area (Å²) in [4.78, 5) is 12.7. The van der Waals surface area contributed by atoms with Crippen molar-refractivity contribution in [3.63, 3.8) is 0 Å². The van der Waals surface area contributed by atoms with Crippen LogP contribution in [0.4, 0.5) is 0 Å². The molecule has 3 rings (SSSR count). The van der Waals surface area contributed by atoms with E-state index in [4.69, 9.17) is 0 Å². The van der Waals surface area contributed by atoms with Crippen molar-refractivity contribution in [2.45, 2.75) is 50.7 Å². The van der Waals surface area contributed by atoms with Gasteiger partial charge in [0.1, 0.15) is 5.78 Å². The number of carbonyl (C=O) groups excluding carboxylic acids is 1. The fourth-order valence-corrected chi connectivity index (χ4v) is 7.10. The van der Waals surface area contributed by atoms with Gasteiger partial charge in [-0.2, -0.15) is 0 Å². The normalized spacial score (nSPS) is 19.2. The Bertz CT molecular complexity index is 748. The van der Waals surface area contributed by atoms with Gasteiger partial charge in [0, 0.05) is 18.3 Å². The molecule has 0 bridgehead atoms. The number of carbonyl (C=O) groups is 1. The Kier molecular flexibility index (Phi) is 5.93. The first-order valence-electron chi connectivity index (χ1n) is 9.80. The molecule has 0 amide bonds. The molecule has 0 aromatic heterocycles. The standard InChI is InChI=1S/C24H30OSi/c1-19(18-26(2,3)21-14-8-5-9-15-21)24(20-12-6-4-7-13-20)22-16-10-11-17-23(22)25/h4-9,12-15,22,24H,1,10-11,16-18H2,2-3H3. The summed E-state index contributed by atoms with van der Waals surface area (Å²) in [7, 11) is -1.63. The lowest BCUT2D eigenvalue weighted by molar-refractivity contribution is -0.125. The molecule has 1 fully saturated rings. The summed E-state index contributed by atoms with van der Waals surface area (Å²) in [5, 5.41) is 1.46. The molecule has 1 aliphatic rings. The Labute approximate surface area is 159 Å². The highest BCUT2D eigenvalue weighted by atomic mass is 28.3. The minimum Gasteiger partial charge on any atom is -0.299 e. The summed E-state index contributed by atoms with van der Waals surface area (Å²) in [6.45, 7) is 9.36. The molecule has 0 radical (unpaired) electrons. The number of ketones is 1. The highest BCUT2D eigenvalue weighted by Crippen LogP contribution is 2.40. The molecule has 2 aromatic rings. The largest absolute Gasteiger partial charge is 0.299 e. The van der Waals surface area contributed by atoms with Crippen molar-refractivity contribution in [2.75, 3.05) is 0 Å². The molecule has 1 nitrogen and oxygen atoms in total. The van der Waals surface area contributed by atoms with Crippen LogP contribution in [0.15, 0.2) is 72.8 Å². The first kappa shape index (κ1) is 18.8. The zero-order chi connectivity index (χ0) is 18.6. The molecule has 2 heteroatoms. The molecule has 0 spiro atoms. The average Bonchev–Trinajstić information content (AvgIpc) is 2.65. The lowest BCUT2D eigenvalue weighted by atomic mass is 9.73. The molecule has 136 valence electrons. The molecule has 2 aromatic carbocycles. The molecule has 26 heavy (non-hydrogen) atoms. The summed E-state index contributed by atoms with van der Waals surface area (Å²) < 4.78 is 0. The molecule has 2 atom stereocenters. The Morgan fingerprint density at radius 2 is 1.65 bits per heavy atom. The Hall–Kier alpha value is -1.93. The molecule has 0 saturated heterocycles. The Balaban J connectivity index is 1.89. The van der Waals surface area contributed by atoms with Gasteiger partial charge in [-0.1, -0.05) is 97.5 Å². The van der Waals surface area contributed by atoms with E-state index in [2.05, 4.69) is 80.3 Å². The molecule has 0 heterocycles. The third-order valence-corrected chi connectivity index (χ3v) is 9.06. The van der Waals surface area contributed by atoms with E-state index in [-0.39, 0.29) is 11.8 Å². The van der Waals surface area contributed by atoms with Gasteiger partial charge in [0.05, 0.1) is 8.07 Å². The van der Waals surface area contributed by atoms with Crippen LogP contribution < -0.4 is 5.19 Å². The van der Waals surface area contributed by atoms with E-state index >= 15 is 0 Å². The highest BCUT2D eigenvalue weighted by Gasteiger charge is 2.35. The third kappa shape index (κ3) is 4.24. The zero-order valence-electron chi connectivity index (χ0n) is 16.1. The van der Waals surface area contributed by atoms with Crippen LogP contribution in [-0.2, 0) is 4.79 Å². The molecule has 0 aliphatic heterocycles. The molecular weight excluding hydrogens is 332 g/mol. The Morgan fingerprint density at radius 1 is 1.04 bits per heavy atom. The quantitative estimate of drug-likeness (QED) is 0.476. The average molecular weight is 363 g/mol. The van der Waals surface area contributed by atoms with E-state index < -0.39 is 8.07 Å². The van der Waals surface area contributed by atoms with Crippen molar-refractivity contribution in [2.24, 2.45) is 5.92 Å². The van der Waals surface area contributed by atoms with Gasteiger partial charge >= 0.3 is 0 Å². The molecule has 2 unspecified atom stereocenters. The molecule has 1 aliphatic carbocycles. The van der Waals surface area contributed by atoms with E-state index in [9.17, 15) is 4.79 Å².